The van der Waals surface area contributed by atoms with Crippen molar-refractivity contribution in [2.24, 2.45) is 0 Å². The molecule has 0 fully saturated rings. The number of amides is 3. The van der Waals surface area contributed by atoms with E-state index in [1.54, 1.807) is 24.3 Å². The van der Waals surface area contributed by atoms with E-state index in [1.165, 1.54) is 0 Å². The minimum absolute atomic E-state index is 0.0697. The lowest BCUT2D eigenvalue weighted by molar-refractivity contribution is -0.121. The Labute approximate surface area is 154 Å². The second kappa shape index (κ2) is 7.19. The SMILES string of the molecule is CC(NC(=O)CCN1C(=O)c2ccccc2C1=O)c1ccccc1Br. The lowest BCUT2D eigenvalue weighted by atomic mass is 10.1. The number of hydrogen-bond acceptors (Lipinski definition) is 3. The first-order valence-electron chi connectivity index (χ1n) is 7.98. The van der Waals surface area contributed by atoms with Crippen LogP contribution in [0.1, 0.15) is 45.7 Å². The van der Waals surface area contributed by atoms with Crippen molar-refractivity contribution in [3.8, 4) is 0 Å². The van der Waals surface area contributed by atoms with Gasteiger partial charge in [-0.05, 0) is 30.7 Å². The summed E-state index contributed by atoms with van der Waals surface area (Å²) in [4.78, 5) is 37.9. The summed E-state index contributed by atoms with van der Waals surface area (Å²) in [6.07, 6.45) is 0.0697. The predicted molar refractivity (Wildman–Crippen MR) is 97.1 cm³/mol. The molecule has 1 N–H and O–H groups in total. The summed E-state index contributed by atoms with van der Waals surface area (Å²) in [6.45, 7) is 1.96. The largest absolute Gasteiger partial charge is 0.349 e. The van der Waals surface area contributed by atoms with Gasteiger partial charge in [0.1, 0.15) is 0 Å². The van der Waals surface area contributed by atoms with E-state index < -0.39 is 0 Å². The molecule has 1 heterocycles. The van der Waals surface area contributed by atoms with E-state index >= 15 is 0 Å². The van der Waals surface area contributed by atoms with Crippen LogP contribution in [0.25, 0.3) is 0 Å². The van der Waals surface area contributed by atoms with Crippen LogP contribution >= 0.6 is 15.9 Å². The molecular weight excluding hydrogens is 384 g/mol. The number of carbonyl (C=O) groups excluding carboxylic acids is 3. The van der Waals surface area contributed by atoms with Crippen molar-refractivity contribution in [1.82, 2.24) is 10.2 Å². The maximum absolute atomic E-state index is 12.3. The van der Waals surface area contributed by atoms with Crippen LogP contribution in [0.5, 0.6) is 0 Å². The first-order chi connectivity index (χ1) is 12.0. The molecule has 0 bridgehead atoms. The van der Waals surface area contributed by atoms with Crippen molar-refractivity contribution >= 4 is 33.7 Å². The van der Waals surface area contributed by atoms with Gasteiger partial charge in [0, 0.05) is 17.4 Å². The number of imide groups is 1. The third-order valence-corrected chi connectivity index (χ3v) is 4.91. The number of halogens is 1. The van der Waals surface area contributed by atoms with E-state index in [4.69, 9.17) is 0 Å². The normalized spacial score (nSPS) is 14.4. The topological polar surface area (TPSA) is 66.5 Å². The van der Waals surface area contributed by atoms with Crippen LogP contribution in [-0.4, -0.2) is 29.2 Å². The number of fused-ring (bicyclic) bond motifs is 1. The van der Waals surface area contributed by atoms with Gasteiger partial charge in [-0.25, -0.2) is 0 Å². The van der Waals surface area contributed by atoms with Crippen molar-refractivity contribution in [1.29, 1.82) is 0 Å². The average molecular weight is 401 g/mol. The molecule has 25 heavy (non-hydrogen) atoms. The molecule has 5 nitrogen and oxygen atoms in total. The Morgan fingerprint density at radius 1 is 1.04 bits per heavy atom. The van der Waals surface area contributed by atoms with Gasteiger partial charge >= 0.3 is 0 Å². The van der Waals surface area contributed by atoms with Crippen LogP contribution in [0.3, 0.4) is 0 Å². The van der Waals surface area contributed by atoms with Crippen molar-refractivity contribution in [3.05, 3.63) is 69.7 Å². The first kappa shape index (κ1) is 17.4. The van der Waals surface area contributed by atoms with Gasteiger partial charge < -0.3 is 5.32 Å². The van der Waals surface area contributed by atoms with Crippen LogP contribution in [0.15, 0.2) is 53.0 Å². The fourth-order valence-corrected chi connectivity index (χ4v) is 3.50. The molecule has 3 rings (SSSR count). The van der Waals surface area contributed by atoms with Gasteiger partial charge in [-0.1, -0.05) is 46.3 Å². The molecule has 0 saturated heterocycles. The molecule has 1 atom stereocenters. The lowest BCUT2D eigenvalue weighted by Crippen LogP contribution is -2.35. The lowest BCUT2D eigenvalue weighted by Gasteiger charge is -2.17. The third kappa shape index (κ3) is 3.49. The zero-order valence-electron chi connectivity index (χ0n) is 13.7. The zero-order chi connectivity index (χ0) is 18.0. The highest BCUT2D eigenvalue weighted by atomic mass is 79.9. The second-order valence-corrected chi connectivity index (χ2v) is 6.72. The summed E-state index contributed by atoms with van der Waals surface area (Å²) in [5, 5.41) is 2.89. The third-order valence-electron chi connectivity index (χ3n) is 4.19. The Morgan fingerprint density at radius 2 is 1.60 bits per heavy atom. The van der Waals surface area contributed by atoms with Crippen LogP contribution in [0.4, 0.5) is 0 Å². The minimum atomic E-state index is -0.341. The van der Waals surface area contributed by atoms with E-state index in [1.807, 2.05) is 31.2 Å². The van der Waals surface area contributed by atoms with E-state index in [9.17, 15) is 14.4 Å². The van der Waals surface area contributed by atoms with E-state index in [0.717, 1.165) is 14.9 Å². The molecular formula is C19H17BrN2O3. The molecule has 128 valence electrons. The summed E-state index contributed by atoms with van der Waals surface area (Å²) in [7, 11) is 0. The van der Waals surface area contributed by atoms with Crippen molar-refractivity contribution < 1.29 is 14.4 Å². The monoisotopic (exact) mass is 400 g/mol. The van der Waals surface area contributed by atoms with Gasteiger partial charge in [0.05, 0.1) is 17.2 Å². The minimum Gasteiger partial charge on any atom is -0.349 e. The molecule has 3 amide bonds. The molecule has 2 aromatic carbocycles. The van der Waals surface area contributed by atoms with E-state index in [0.29, 0.717) is 11.1 Å². The van der Waals surface area contributed by atoms with Gasteiger partial charge in [0.15, 0.2) is 0 Å². The van der Waals surface area contributed by atoms with Gasteiger partial charge in [-0.15, -0.1) is 0 Å². The van der Waals surface area contributed by atoms with Crippen LogP contribution < -0.4 is 5.32 Å². The predicted octanol–water partition coefficient (Wildman–Crippen LogP) is 3.31. The molecule has 0 aromatic heterocycles. The molecule has 2 aromatic rings. The highest BCUT2D eigenvalue weighted by molar-refractivity contribution is 9.10. The van der Waals surface area contributed by atoms with Gasteiger partial charge in [0.2, 0.25) is 5.91 Å². The van der Waals surface area contributed by atoms with E-state index in [-0.39, 0.29) is 36.7 Å². The molecule has 6 heteroatoms. The first-order valence-corrected chi connectivity index (χ1v) is 8.77. The Hall–Kier alpha value is -2.47. The number of nitrogens with one attached hydrogen (secondary N) is 1. The summed E-state index contributed by atoms with van der Waals surface area (Å²) in [5.41, 5.74) is 1.76. The van der Waals surface area contributed by atoms with Crippen LogP contribution in [0.2, 0.25) is 0 Å². The summed E-state index contributed by atoms with van der Waals surface area (Å²) in [6, 6.07) is 14.2. The Balaban J connectivity index is 1.59. The van der Waals surface area contributed by atoms with Gasteiger partial charge in [-0.2, -0.15) is 0 Å². The van der Waals surface area contributed by atoms with Gasteiger partial charge in [-0.3, -0.25) is 19.3 Å². The highest BCUT2D eigenvalue weighted by Crippen LogP contribution is 2.24. The van der Waals surface area contributed by atoms with Gasteiger partial charge in [0.25, 0.3) is 11.8 Å². The summed E-state index contributed by atoms with van der Waals surface area (Å²) < 4.78 is 0.920. The Morgan fingerprint density at radius 3 is 2.20 bits per heavy atom. The fraction of sp³-hybridized carbons (Fsp3) is 0.211. The molecule has 0 spiro atoms. The molecule has 1 aliphatic heterocycles. The Bertz CT molecular complexity index is 815. The molecule has 0 saturated carbocycles. The molecule has 0 radical (unpaired) electrons. The quantitative estimate of drug-likeness (QED) is 0.782. The van der Waals surface area contributed by atoms with Crippen molar-refractivity contribution in [2.45, 2.75) is 19.4 Å². The fourth-order valence-electron chi connectivity index (χ4n) is 2.87. The van der Waals surface area contributed by atoms with E-state index in [2.05, 4.69) is 21.2 Å². The second-order valence-electron chi connectivity index (χ2n) is 5.87. The molecule has 0 aliphatic carbocycles. The summed E-state index contributed by atoms with van der Waals surface area (Å²) in [5.74, 6) is -0.890. The molecule has 1 unspecified atom stereocenters. The zero-order valence-corrected chi connectivity index (χ0v) is 15.2. The molecule has 1 aliphatic rings. The smallest absolute Gasteiger partial charge is 0.261 e. The number of benzene rings is 2. The van der Waals surface area contributed by atoms with Crippen molar-refractivity contribution in [3.63, 3.8) is 0 Å². The highest BCUT2D eigenvalue weighted by Gasteiger charge is 2.35. The Kier molecular flexibility index (Phi) is 4.99. The van der Waals surface area contributed by atoms with Crippen molar-refractivity contribution in [2.75, 3.05) is 6.54 Å². The van der Waals surface area contributed by atoms with Crippen LogP contribution in [-0.2, 0) is 4.79 Å². The number of hydrogen-bond donors (Lipinski definition) is 1. The number of carbonyl (C=O) groups is 3. The standard InChI is InChI=1S/C19H17BrN2O3/c1-12(13-6-4-5-9-16(13)20)21-17(23)10-11-22-18(24)14-7-2-3-8-15(14)19(22)25/h2-9,12H,10-11H2,1H3,(H,21,23). The average Bonchev–Trinajstić information content (AvgIpc) is 2.85. The van der Waals surface area contributed by atoms with Crippen LogP contribution in [0, 0.1) is 0 Å². The summed E-state index contributed by atoms with van der Waals surface area (Å²) >= 11 is 3.46. The maximum atomic E-state index is 12.3. The number of nitrogens with zero attached hydrogens (tertiary/aromatic N) is 1. The number of rotatable bonds is 5. The maximum Gasteiger partial charge on any atom is 0.261 e.